The summed E-state index contributed by atoms with van der Waals surface area (Å²) in [5.74, 6) is 0.483. The number of carbonyl (C=O) groups is 1. The third kappa shape index (κ3) is 4.17. The molecule has 1 aromatic rings. The Labute approximate surface area is 145 Å². The zero-order valence-electron chi connectivity index (χ0n) is 14.9. The van der Waals surface area contributed by atoms with Crippen LogP contribution < -0.4 is 10.6 Å². The summed E-state index contributed by atoms with van der Waals surface area (Å²) in [6.07, 6.45) is 4.86. The number of amides is 1. The van der Waals surface area contributed by atoms with Crippen molar-refractivity contribution >= 4 is 5.91 Å². The van der Waals surface area contributed by atoms with Gasteiger partial charge in [0.25, 0.3) is 5.91 Å². The predicted molar refractivity (Wildman–Crippen MR) is 96.4 cm³/mol. The molecule has 0 aromatic heterocycles. The van der Waals surface area contributed by atoms with E-state index >= 15 is 0 Å². The Kier molecular flexibility index (Phi) is 5.57. The molecule has 0 bridgehead atoms. The highest BCUT2D eigenvalue weighted by Crippen LogP contribution is 2.38. The lowest BCUT2D eigenvalue weighted by atomic mass is 9.74. The molecule has 2 heterocycles. The van der Waals surface area contributed by atoms with Gasteiger partial charge in [0, 0.05) is 12.1 Å². The van der Waals surface area contributed by atoms with Gasteiger partial charge in [0.2, 0.25) is 0 Å². The van der Waals surface area contributed by atoms with E-state index in [4.69, 9.17) is 4.74 Å². The predicted octanol–water partition coefficient (Wildman–Crippen LogP) is 3.09. The summed E-state index contributed by atoms with van der Waals surface area (Å²) in [5.41, 5.74) is 2.37. The van der Waals surface area contributed by atoms with Crippen LogP contribution in [0, 0.1) is 5.41 Å². The lowest BCUT2D eigenvalue weighted by Gasteiger charge is -2.43. The first-order chi connectivity index (χ1) is 11.6. The number of hydrogen-bond acceptors (Lipinski definition) is 3. The SMILES string of the molecule is CC(C)c1ccc(C(=O)NCC2CCC3(CCNCC3)CO2)cc1. The summed E-state index contributed by atoms with van der Waals surface area (Å²) in [6, 6.07) is 7.90. The van der Waals surface area contributed by atoms with Crippen LogP contribution in [0.25, 0.3) is 0 Å². The first-order valence-corrected chi connectivity index (χ1v) is 9.28. The molecule has 1 aromatic carbocycles. The van der Waals surface area contributed by atoms with Crippen molar-refractivity contribution in [3.05, 3.63) is 35.4 Å². The summed E-state index contributed by atoms with van der Waals surface area (Å²) < 4.78 is 6.07. The van der Waals surface area contributed by atoms with E-state index in [1.54, 1.807) is 0 Å². The highest BCUT2D eigenvalue weighted by Gasteiger charge is 2.36. The van der Waals surface area contributed by atoms with E-state index in [-0.39, 0.29) is 12.0 Å². The maximum Gasteiger partial charge on any atom is 0.251 e. The van der Waals surface area contributed by atoms with E-state index < -0.39 is 0 Å². The van der Waals surface area contributed by atoms with Crippen molar-refractivity contribution in [3.8, 4) is 0 Å². The number of hydrogen-bond donors (Lipinski definition) is 2. The molecule has 1 spiro atoms. The summed E-state index contributed by atoms with van der Waals surface area (Å²) in [4.78, 5) is 12.3. The van der Waals surface area contributed by atoms with Gasteiger partial charge in [-0.1, -0.05) is 26.0 Å². The average Bonchev–Trinajstić information content (AvgIpc) is 2.62. The van der Waals surface area contributed by atoms with E-state index in [2.05, 4.69) is 24.5 Å². The first kappa shape index (κ1) is 17.4. The monoisotopic (exact) mass is 330 g/mol. The molecular weight excluding hydrogens is 300 g/mol. The molecule has 4 heteroatoms. The lowest BCUT2D eigenvalue weighted by molar-refractivity contribution is -0.0721. The molecule has 132 valence electrons. The van der Waals surface area contributed by atoms with Crippen LogP contribution in [-0.2, 0) is 4.74 Å². The molecule has 3 rings (SSSR count). The second-order valence-corrected chi connectivity index (χ2v) is 7.71. The maximum absolute atomic E-state index is 12.3. The van der Waals surface area contributed by atoms with Gasteiger partial charge in [0.1, 0.15) is 0 Å². The Morgan fingerprint density at radius 1 is 1.25 bits per heavy atom. The molecule has 0 saturated carbocycles. The van der Waals surface area contributed by atoms with Gasteiger partial charge in [0.05, 0.1) is 12.7 Å². The Balaban J connectivity index is 1.45. The molecule has 2 fully saturated rings. The first-order valence-electron chi connectivity index (χ1n) is 9.28. The number of piperidine rings is 1. The smallest absolute Gasteiger partial charge is 0.251 e. The van der Waals surface area contributed by atoms with Crippen molar-refractivity contribution in [2.45, 2.75) is 51.6 Å². The minimum atomic E-state index is -0.00365. The fourth-order valence-corrected chi connectivity index (χ4v) is 3.76. The molecule has 2 N–H and O–H groups in total. The number of benzene rings is 1. The van der Waals surface area contributed by atoms with Crippen molar-refractivity contribution in [3.63, 3.8) is 0 Å². The molecular formula is C20H30N2O2. The Bertz CT molecular complexity index is 537. The standard InChI is InChI=1S/C20H30N2O2/c1-15(2)16-3-5-17(6-4-16)19(23)22-13-18-7-8-20(14-24-18)9-11-21-12-10-20/h3-6,15,18,21H,7-14H2,1-2H3,(H,22,23). The summed E-state index contributed by atoms with van der Waals surface area (Å²) in [5, 5.41) is 6.46. The van der Waals surface area contributed by atoms with Crippen molar-refractivity contribution < 1.29 is 9.53 Å². The average molecular weight is 330 g/mol. The molecule has 1 unspecified atom stereocenters. The third-order valence-electron chi connectivity index (χ3n) is 5.62. The summed E-state index contributed by atoms with van der Waals surface area (Å²) in [7, 11) is 0. The van der Waals surface area contributed by atoms with Crippen LogP contribution in [0.3, 0.4) is 0 Å². The highest BCUT2D eigenvalue weighted by atomic mass is 16.5. The van der Waals surface area contributed by atoms with Gasteiger partial charge < -0.3 is 15.4 Å². The number of carbonyl (C=O) groups excluding carboxylic acids is 1. The lowest BCUT2D eigenvalue weighted by Crippen LogP contribution is -2.46. The fourth-order valence-electron chi connectivity index (χ4n) is 3.76. The van der Waals surface area contributed by atoms with Gasteiger partial charge in [-0.05, 0) is 67.8 Å². The maximum atomic E-state index is 12.3. The van der Waals surface area contributed by atoms with E-state index in [9.17, 15) is 4.79 Å². The summed E-state index contributed by atoms with van der Waals surface area (Å²) in [6.45, 7) is 7.99. The van der Waals surface area contributed by atoms with Gasteiger partial charge >= 0.3 is 0 Å². The van der Waals surface area contributed by atoms with Crippen LogP contribution in [0.15, 0.2) is 24.3 Å². The van der Waals surface area contributed by atoms with E-state index in [0.29, 0.717) is 17.9 Å². The van der Waals surface area contributed by atoms with Crippen LogP contribution in [0.5, 0.6) is 0 Å². The minimum absolute atomic E-state index is 0.00365. The van der Waals surface area contributed by atoms with Crippen molar-refractivity contribution in [2.75, 3.05) is 26.2 Å². The molecule has 2 saturated heterocycles. The Morgan fingerprint density at radius 2 is 1.96 bits per heavy atom. The molecule has 0 aliphatic carbocycles. The molecule has 4 nitrogen and oxygen atoms in total. The molecule has 24 heavy (non-hydrogen) atoms. The molecule has 0 radical (unpaired) electrons. The molecule has 2 aliphatic heterocycles. The normalized spacial score (nSPS) is 23.4. The van der Waals surface area contributed by atoms with Gasteiger partial charge in [-0.3, -0.25) is 4.79 Å². The zero-order chi connectivity index (χ0) is 17.0. The third-order valence-corrected chi connectivity index (χ3v) is 5.62. The van der Waals surface area contributed by atoms with Gasteiger partial charge in [0.15, 0.2) is 0 Å². The van der Waals surface area contributed by atoms with Crippen LogP contribution in [0.1, 0.15) is 61.4 Å². The van der Waals surface area contributed by atoms with E-state index in [1.165, 1.54) is 24.8 Å². The second kappa shape index (κ2) is 7.66. The van der Waals surface area contributed by atoms with Crippen molar-refractivity contribution in [1.82, 2.24) is 10.6 Å². The van der Waals surface area contributed by atoms with Crippen LogP contribution in [0.4, 0.5) is 0 Å². The Morgan fingerprint density at radius 3 is 2.54 bits per heavy atom. The molecule has 2 aliphatic rings. The summed E-state index contributed by atoms with van der Waals surface area (Å²) >= 11 is 0. The highest BCUT2D eigenvalue weighted by molar-refractivity contribution is 5.94. The largest absolute Gasteiger partial charge is 0.376 e. The van der Waals surface area contributed by atoms with Crippen LogP contribution in [-0.4, -0.2) is 38.3 Å². The van der Waals surface area contributed by atoms with Gasteiger partial charge in [-0.15, -0.1) is 0 Å². The number of nitrogens with one attached hydrogen (secondary N) is 2. The second-order valence-electron chi connectivity index (χ2n) is 7.71. The minimum Gasteiger partial charge on any atom is -0.376 e. The van der Waals surface area contributed by atoms with Crippen LogP contribution in [0.2, 0.25) is 0 Å². The van der Waals surface area contributed by atoms with E-state index in [1.807, 2.05) is 24.3 Å². The molecule has 1 amide bonds. The topological polar surface area (TPSA) is 50.4 Å². The number of rotatable bonds is 4. The van der Waals surface area contributed by atoms with Crippen molar-refractivity contribution in [1.29, 1.82) is 0 Å². The van der Waals surface area contributed by atoms with Gasteiger partial charge in [-0.25, -0.2) is 0 Å². The molecule has 1 atom stereocenters. The zero-order valence-corrected chi connectivity index (χ0v) is 14.9. The van der Waals surface area contributed by atoms with Crippen molar-refractivity contribution in [2.24, 2.45) is 5.41 Å². The van der Waals surface area contributed by atoms with Gasteiger partial charge in [-0.2, -0.15) is 0 Å². The van der Waals surface area contributed by atoms with E-state index in [0.717, 1.165) is 31.7 Å². The Hall–Kier alpha value is -1.39. The number of ether oxygens (including phenoxy) is 1. The quantitative estimate of drug-likeness (QED) is 0.892. The van der Waals surface area contributed by atoms with Crippen LogP contribution >= 0.6 is 0 Å². The fraction of sp³-hybridized carbons (Fsp3) is 0.650.